The van der Waals surface area contributed by atoms with Crippen molar-refractivity contribution in [1.29, 1.82) is 0 Å². The van der Waals surface area contributed by atoms with Crippen molar-refractivity contribution >= 4 is 0 Å². The van der Waals surface area contributed by atoms with Crippen LogP contribution in [0, 0.1) is 5.92 Å². The molecule has 0 heterocycles. The second-order valence-electron chi connectivity index (χ2n) is 5.28. The van der Waals surface area contributed by atoms with Crippen LogP contribution in [0.1, 0.15) is 31.4 Å². The van der Waals surface area contributed by atoms with Gasteiger partial charge in [0.2, 0.25) is 0 Å². The molecule has 0 aromatic heterocycles. The summed E-state index contributed by atoms with van der Waals surface area (Å²) in [5.41, 5.74) is 2.74. The molecule has 0 fully saturated rings. The molecule has 1 rings (SSSR count). The summed E-state index contributed by atoms with van der Waals surface area (Å²) < 4.78 is 5.20. The van der Waals surface area contributed by atoms with Crippen molar-refractivity contribution in [2.24, 2.45) is 5.92 Å². The Hall–Kier alpha value is -0.900. The van der Waals surface area contributed by atoms with Crippen molar-refractivity contribution in [3.63, 3.8) is 0 Å². The Balaban J connectivity index is 2.12. The molecule has 19 heavy (non-hydrogen) atoms. The summed E-state index contributed by atoms with van der Waals surface area (Å²) in [5.74, 6) is 0.711. The predicted octanol–water partition coefficient (Wildman–Crippen LogP) is 2.37. The Morgan fingerprint density at radius 3 is 2.42 bits per heavy atom. The standard InChI is InChI=1S/C16H27NO2/c1-14(2)12-15-4-6-16(7-5-15)13-17-8-3-10-19-11-9-18/h4-7,14,17-18H,3,8-13H2,1-2H3. The molecule has 1 aromatic rings. The molecule has 0 amide bonds. The van der Waals surface area contributed by atoms with Crippen molar-refractivity contribution in [2.75, 3.05) is 26.4 Å². The molecular formula is C16H27NO2. The molecule has 0 saturated heterocycles. The molecule has 0 spiro atoms. The van der Waals surface area contributed by atoms with E-state index in [1.165, 1.54) is 11.1 Å². The molecule has 1 aromatic carbocycles. The Morgan fingerprint density at radius 1 is 1.11 bits per heavy atom. The van der Waals surface area contributed by atoms with Gasteiger partial charge >= 0.3 is 0 Å². The number of nitrogens with one attached hydrogen (secondary N) is 1. The number of aliphatic hydroxyl groups excluding tert-OH is 1. The summed E-state index contributed by atoms with van der Waals surface area (Å²) in [5, 5.41) is 12.0. The largest absolute Gasteiger partial charge is 0.394 e. The number of ether oxygens (including phenoxy) is 1. The Labute approximate surface area is 117 Å². The maximum Gasteiger partial charge on any atom is 0.0697 e. The van der Waals surface area contributed by atoms with Gasteiger partial charge in [-0.3, -0.25) is 0 Å². The smallest absolute Gasteiger partial charge is 0.0697 e. The zero-order valence-electron chi connectivity index (χ0n) is 12.2. The lowest BCUT2D eigenvalue weighted by Crippen LogP contribution is -2.16. The van der Waals surface area contributed by atoms with E-state index < -0.39 is 0 Å². The van der Waals surface area contributed by atoms with Crippen molar-refractivity contribution in [1.82, 2.24) is 5.32 Å². The lowest BCUT2D eigenvalue weighted by atomic mass is 10.0. The van der Waals surface area contributed by atoms with Crippen LogP contribution in [-0.4, -0.2) is 31.5 Å². The van der Waals surface area contributed by atoms with Crippen molar-refractivity contribution in [2.45, 2.75) is 33.2 Å². The van der Waals surface area contributed by atoms with E-state index >= 15 is 0 Å². The topological polar surface area (TPSA) is 41.5 Å². The van der Waals surface area contributed by atoms with Crippen LogP contribution in [0.15, 0.2) is 24.3 Å². The van der Waals surface area contributed by atoms with Crippen LogP contribution in [-0.2, 0) is 17.7 Å². The zero-order chi connectivity index (χ0) is 13.9. The third-order valence-corrected chi connectivity index (χ3v) is 2.87. The van der Waals surface area contributed by atoms with E-state index in [4.69, 9.17) is 9.84 Å². The van der Waals surface area contributed by atoms with Gasteiger partial charge in [-0.25, -0.2) is 0 Å². The minimum Gasteiger partial charge on any atom is -0.394 e. The average Bonchev–Trinajstić information content (AvgIpc) is 2.39. The molecule has 0 saturated carbocycles. The van der Waals surface area contributed by atoms with Gasteiger partial charge in [-0.2, -0.15) is 0 Å². The highest BCUT2D eigenvalue weighted by atomic mass is 16.5. The second-order valence-corrected chi connectivity index (χ2v) is 5.28. The number of rotatable bonds is 10. The van der Waals surface area contributed by atoms with Crippen LogP contribution < -0.4 is 5.32 Å². The summed E-state index contributed by atoms with van der Waals surface area (Å²) in [6.45, 7) is 7.60. The fourth-order valence-corrected chi connectivity index (χ4v) is 1.96. The first-order chi connectivity index (χ1) is 9.22. The molecule has 2 N–H and O–H groups in total. The summed E-state index contributed by atoms with van der Waals surface area (Å²) in [4.78, 5) is 0. The van der Waals surface area contributed by atoms with Gasteiger partial charge in [-0.1, -0.05) is 38.1 Å². The number of hydrogen-bond donors (Lipinski definition) is 2. The molecule has 108 valence electrons. The van der Waals surface area contributed by atoms with Crippen LogP contribution in [0.5, 0.6) is 0 Å². The van der Waals surface area contributed by atoms with Gasteiger partial charge < -0.3 is 15.2 Å². The van der Waals surface area contributed by atoms with Crippen LogP contribution in [0.2, 0.25) is 0 Å². The number of hydrogen-bond acceptors (Lipinski definition) is 3. The highest BCUT2D eigenvalue weighted by molar-refractivity contribution is 5.22. The molecule has 0 unspecified atom stereocenters. The Kier molecular flexibility index (Phi) is 8.47. The van der Waals surface area contributed by atoms with Crippen molar-refractivity contribution < 1.29 is 9.84 Å². The Bertz CT molecular complexity index is 322. The van der Waals surface area contributed by atoms with Crippen molar-refractivity contribution in [3.8, 4) is 0 Å². The molecule has 0 aliphatic carbocycles. The third kappa shape index (κ3) is 7.98. The average molecular weight is 265 g/mol. The maximum absolute atomic E-state index is 8.55. The third-order valence-electron chi connectivity index (χ3n) is 2.87. The van der Waals surface area contributed by atoms with E-state index in [2.05, 4.69) is 43.4 Å². The lowest BCUT2D eigenvalue weighted by molar-refractivity contribution is 0.0907. The normalized spacial score (nSPS) is 11.2. The molecule has 0 aliphatic heterocycles. The Morgan fingerprint density at radius 2 is 1.79 bits per heavy atom. The fourth-order valence-electron chi connectivity index (χ4n) is 1.96. The first kappa shape index (κ1) is 16.2. The minimum atomic E-state index is 0.107. The molecule has 0 radical (unpaired) electrons. The fraction of sp³-hybridized carbons (Fsp3) is 0.625. The van der Waals surface area contributed by atoms with Gasteiger partial charge in [0.1, 0.15) is 0 Å². The first-order valence-electron chi connectivity index (χ1n) is 7.19. The molecule has 0 aliphatic rings. The zero-order valence-corrected chi connectivity index (χ0v) is 12.2. The lowest BCUT2D eigenvalue weighted by Gasteiger charge is -2.08. The van der Waals surface area contributed by atoms with E-state index in [9.17, 15) is 0 Å². The van der Waals surface area contributed by atoms with Gasteiger partial charge in [0.25, 0.3) is 0 Å². The second kappa shape index (κ2) is 9.96. The van der Waals surface area contributed by atoms with E-state index in [0.717, 1.165) is 25.9 Å². The minimum absolute atomic E-state index is 0.107. The molecule has 0 bridgehead atoms. The SMILES string of the molecule is CC(C)Cc1ccc(CNCCCOCCO)cc1. The van der Waals surface area contributed by atoms with Gasteiger partial charge in [0.15, 0.2) is 0 Å². The monoisotopic (exact) mass is 265 g/mol. The highest BCUT2D eigenvalue weighted by Crippen LogP contribution is 2.09. The number of benzene rings is 1. The van der Waals surface area contributed by atoms with E-state index in [0.29, 0.717) is 19.1 Å². The van der Waals surface area contributed by atoms with E-state index in [1.807, 2.05) is 0 Å². The van der Waals surface area contributed by atoms with Crippen molar-refractivity contribution in [3.05, 3.63) is 35.4 Å². The van der Waals surface area contributed by atoms with Gasteiger partial charge in [-0.05, 0) is 36.4 Å². The maximum atomic E-state index is 8.55. The predicted molar refractivity (Wildman–Crippen MR) is 79.2 cm³/mol. The molecular weight excluding hydrogens is 238 g/mol. The van der Waals surface area contributed by atoms with Crippen LogP contribution in [0.3, 0.4) is 0 Å². The summed E-state index contributed by atoms with van der Waals surface area (Å²) in [7, 11) is 0. The van der Waals surface area contributed by atoms with Crippen LogP contribution in [0.25, 0.3) is 0 Å². The summed E-state index contributed by atoms with van der Waals surface area (Å²) in [6.07, 6.45) is 2.13. The van der Waals surface area contributed by atoms with Crippen LogP contribution >= 0.6 is 0 Å². The number of aliphatic hydroxyl groups is 1. The highest BCUT2D eigenvalue weighted by Gasteiger charge is 1.98. The molecule has 3 heteroatoms. The first-order valence-corrected chi connectivity index (χ1v) is 7.19. The molecule has 3 nitrogen and oxygen atoms in total. The van der Waals surface area contributed by atoms with Gasteiger partial charge in [-0.15, -0.1) is 0 Å². The van der Waals surface area contributed by atoms with Crippen LogP contribution in [0.4, 0.5) is 0 Å². The van der Waals surface area contributed by atoms with Gasteiger partial charge in [0.05, 0.1) is 13.2 Å². The molecule has 0 atom stereocenters. The van der Waals surface area contributed by atoms with Gasteiger partial charge in [0, 0.05) is 13.2 Å². The van der Waals surface area contributed by atoms with E-state index in [1.54, 1.807) is 0 Å². The quantitative estimate of drug-likeness (QED) is 0.638. The van der Waals surface area contributed by atoms with E-state index in [-0.39, 0.29) is 6.61 Å². The summed E-state index contributed by atoms with van der Waals surface area (Å²) >= 11 is 0. The summed E-state index contributed by atoms with van der Waals surface area (Å²) in [6, 6.07) is 8.85.